The van der Waals surface area contributed by atoms with Gasteiger partial charge in [0.05, 0.1) is 17.1 Å². The number of phenolic OH excluding ortho intramolecular Hbond substituents is 6. The van der Waals surface area contributed by atoms with Crippen LogP contribution in [0.4, 0.5) is 0 Å². The Morgan fingerprint density at radius 3 is 2.26 bits per heavy atom. The molecular weight excluding hydrogens is 744 g/mol. The third-order valence-electron chi connectivity index (χ3n) is 12.2. The van der Waals surface area contributed by atoms with Gasteiger partial charge in [-0.25, -0.2) is 0 Å². The standard InChI is InChI=1S/C46H48O12/c1-22(2)7-9-28-32(49)12-11-29(40(28)52)41(53)37-30(27-10-8-25(47)19-33(27)50)17-24(5)18-31(37)38-34(51)21-35-39(42(38)54)43(55)46(56)45(57-35,16-13-23(3)4)44(6)15-14-26(48)20-36(44)58-46/h7-8,10-15,18-21,30-31,36-37,47-52,54,56H,9,16-17H2,1-6H3. The zero-order chi connectivity index (χ0) is 42.2. The number of aliphatic hydroxyl groups is 2. The molecule has 12 heteroatoms. The van der Waals surface area contributed by atoms with E-state index in [-0.39, 0.29) is 70.3 Å². The van der Waals surface area contributed by atoms with Crippen LogP contribution in [-0.2, 0) is 11.2 Å². The second-order valence-corrected chi connectivity index (χ2v) is 16.6. The molecule has 1 fully saturated rings. The van der Waals surface area contributed by atoms with Gasteiger partial charge in [0.2, 0.25) is 5.78 Å². The Morgan fingerprint density at radius 1 is 0.879 bits per heavy atom. The van der Waals surface area contributed by atoms with Crippen LogP contribution in [-0.4, -0.2) is 69.9 Å². The van der Waals surface area contributed by atoms with Gasteiger partial charge in [-0.05, 0) is 90.3 Å². The number of benzene rings is 3. The van der Waals surface area contributed by atoms with Gasteiger partial charge < -0.3 is 50.3 Å². The molecule has 0 radical (unpaired) electrons. The first kappa shape index (κ1) is 40.2. The van der Waals surface area contributed by atoms with Crippen LogP contribution in [0.25, 0.3) is 0 Å². The van der Waals surface area contributed by atoms with Gasteiger partial charge in [0.25, 0.3) is 5.79 Å². The van der Waals surface area contributed by atoms with E-state index in [2.05, 4.69) is 0 Å². The highest BCUT2D eigenvalue weighted by molar-refractivity contribution is 6.09. The molecule has 2 heterocycles. The quantitative estimate of drug-likeness (QED) is 0.0807. The fourth-order valence-electron chi connectivity index (χ4n) is 9.17. The zero-order valence-electron chi connectivity index (χ0n) is 33.1. The van der Waals surface area contributed by atoms with Crippen LogP contribution >= 0.6 is 0 Å². The van der Waals surface area contributed by atoms with Crippen molar-refractivity contribution in [3.63, 3.8) is 0 Å². The predicted octanol–water partition coefficient (Wildman–Crippen LogP) is 7.92. The molecule has 7 atom stereocenters. The first-order valence-electron chi connectivity index (χ1n) is 19.1. The van der Waals surface area contributed by atoms with E-state index in [0.717, 1.165) is 23.3 Å². The van der Waals surface area contributed by atoms with Crippen LogP contribution in [0.2, 0.25) is 0 Å². The number of fused-ring (bicyclic) bond motifs is 4. The normalized spacial score (nSPS) is 28.3. The van der Waals surface area contributed by atoms with Crippen molar-refractivity contribution in [1.82, 2.24) is 0 Å². The topological polar surface area (TPSA) is 214 Å². The lowest BCUT2D eigenvalue weighted by atomic mass is 9.62. The van der Waals surface area contributed by atoms with E-state index in [9.17, 15) is 45.6 Å². The zero-order valence-corrected chi connectivity index (χ0v) is 33.1. The highest BCUT2D eigenvalue weighted by atomic mass is 16.7. The molecule has 304 valence electrons. The number of carbonyl (C=O) groups is 2. The maximum Gasteiger partial charge on any atom is 0.274 e. The van der Waals surface area contributed by atoms with E-state index in [0.29, 0.717) is 5.57 Å². The molecular formula is C46H48O12. The summed E-state index contributed by atoms with van der Waals surface area (Å²) in [6.45, 7) is 10.8. The van der Waals surface area contributed by atoms with Gasteiger partial charge in [0, 0.05) is 47.4 Å². The van der Waals surface area contributed by atoms with Crippen molar-refractivity contribution in [2.24, 2.45) is 11.3 Å². The maximum absolute atomic E-state index is 15.1. The van der Waals surface area contributed by atoms with Crippen LogP contribution in [0.1, 0.15) is 104 Å². The van der Waals surface area contributed by atoms with Crippen LogP contribution in [0.5, 0.6) is 40.2 Å². The Hall–Kier alpha value is -5.98. The summed E-state index contributed by atoms with van der Waals surface area (Å²) in [5.41, 5.74) is -1.24. The molecule has 3 aromatic rings. The number of aromatic hydroxyl groups is 6. The van der Waals surface area contributed by atoms with Gasteiger partial charge in [0.15, 0.2) is 11.4 Å². The summed E-state index contributed by atoms with van der Waals surface area (Å²) in [6, 6.07) is 7.67. The number of ketones is 2. The molecule has 7 unspecified atom stereocenters. The molecule has 12 nitrogen and oxygen atoms in total. The molecule has 2 aliphatic heterocycles. The third-order valence-corrected chi connectivity index (χ3v) is 12.2. The second-order valence-electron chi connectivity index (χ2n) is 16.6. The number of allylic oxidation sites excluding steroid dienone is 6. The van der Waals surface area contributed by atoms with Crippen molar-refractivity contribution in [2.45, 2.75) is 90.1 Å². The smallest absolute Gasteiger partial charge is 0.274 e. The van der Waals surface area contributed by atoms with Crippen molar-refractivity contribution in [1.29, 1.82) is 0 Å². The lowest BCUT2D eigenvalue weighted by molar-refractivity contribution is -0.223. The average molecular weight is 793 g/mol. The minimum absolute atomic E-state index is 0.0447. The van der Waals surface area contributed by atoms with E-state index >= 15 is 4.79 Å². The first-order chi connectivity index (χ1) is 27.2. The number of aliphatic hydroxyl groups excluding tert-OH is 1. The van der Waals surface area contributed by atoms with Gasteiger partial charge in [-0.3, -0.25) is 9.59 Å². The number of rotatable bonds is 8. The predicted molar refractivity (Wildman–Crippen MR) is 214 cm³/mol. The molecule has 0 bridgehead atoms. The van der Waals surface area contributed by atoms with Crippen molar-refractivity contribution >= 4 is 11.6 Å². The van der Waals surface area contributed by atoms with Crippen LogP contribution in [0.3, 0.4) is 0 Å². The Kier molecular flexibility index (Phi) is 9.81. The van der Waals surface area contributed by atoms with Crippen LogP contribution < -0.4 is 4.74 Å². The molecule has 7 rings (SSSR count). The summed E-state index contributed by atoms with van der Waals surface area (Å²) in [7, 11) is 0. The average Bonchev–Trinajstić information content (AvgIpc) is 3.33. The van der Waals surface area contributed by atoms with E-state index < -0.39 is 75.0 Å². The van der Waals surface area contributed by atoms with Gasteiger partial charge in [-0.2, -0.15) is 0 Å². The van der Waals surface area contributed by atoms with E-state index in [1.807, 2.05) is 27.7 Å². The molecule has 0 aromatic heterocycles. The number of hydrogen-bond donors (Lipinski definition) is 8. The maximum atomic E-state index is 15.1. The molecule has 8 N–H and O–H groups in total. The van der Waals surface area contributed by atoms with Gasteiger partial charge in [-0.1, -0.05) is 47.1 Å². The largest absolute Gasteiger partial charge is 0.508 e. The van der Waals surface area contributed by atoms with Gasteiger partial charge in [0.1, 0.15) is 51.6 Å². The van der Waals surface area contributed by atoms with E-state index in [4.69, 9.17) is 9.47 Å². The van der Waals surface area contributed by atoms with E-state index in [1.54, 1.807) is 38.2 Å². The molecule has 0 amide bonds. The van der Waals surface area contributed by atoms with Crippen LogP contribution in [0.15, 0.2) is 95.3 Å². The SMILES string of the molecule is CC(C)=CCc1c(O)ccc(C(=O)C2C(c3c(O)cc4c(c3O)C(=O)C3(O)OC5C=C(O)C=CC5(C)C3(CC=C(C)C)O4)C=C(C)CC2c2ccc(O)cc2O)c1O. The minimum atomic E-state index is -2.73. The summed E-state index contributed by atoms with van der Waals surface area (Å²) in [5.74, 6) is -10.9. The lowest BCUT2D eigenvalue weighted by Crippen LogP contribution is -2.67. The van der Waals surface area contributed by atoms with Crippen molar-refractivity contribution in [3.05, 3.63) is 123 Å². The lowest BCUT2D eigenvalue weighted by Gasteiger charge is -2.49. The molecule has 3 aromatic carbocycles. The Labute approximate surface area is 335 Å². The molecule has 4 aliphatic rings. The Bertz CT molecular complexity index is 2410. The molecule has 2 aliphatic carbocycles. The summed E-state index contributed by atoms with van der Waals surface area (Å²) in [4.78, 5) is 29.9. The van der Waals surface area contributed by atoms with Crippen LogP contribution in [0, 0.1) is 11.3 Å². The number of carbonyl (C=O) groups excluding carboxylic acids is 2. The Balaban J connectivity index is 1.44. The number of Topliss-reactive ketones (excluding diaryl/α,β-unsaturated/α-hetero) is 2. The van der Waals surface area contributed by atoms with Gasteiger partial charge in [-0.15, -0.1) is 0 Å². The monoisotopic (exact) mass is 792 g/mol. The molecule has 58 heavy (non-hydrogen) atoms. The number of hydrogen-bond acceptors (Lipinski definition) is 12. The van der Waals surface area contributed by atoms with Gasteiger partial charge >= 0.3 is 0 Å². The summed E-state index contributed by atoms with van der Waals surface area (Å²) < 4.78 is 12.7. The van der Waals surface area contributed by atoms with Crippen molar-refractivity contribution in [2.75, 3.05) is 0 Å². The highest BCUT2D eigenvalue weighted by Crippen LogP contribution is 2.64. The van der Waals surface area contributed by atoms with Crippen molar-refractivity contribution < 1.29 is 59.9 Å². The number of ether oxygens (including phenoxy) is 2. The fraction of sp³-hybridized carbons (Fsp3) is 0.348. The van der Waals surface area contributed by atoms with Crippen molar-refractivity contribution in [3.8, 4) is 40.2 Å². The number of phenols is 6. The first-order valence-corrected chi connectivity index (χ1v) is 19.1. The molecule has 1 saturated heterocycles. The summed E-state index contributed by atoms with van der Waals surface area (Å²) >= 11 is 0. The molecule has 0 saturated carbocycles. The highest BCUT2D eigenvalue weighted by Gasteiger charge is 2.77. The fourth-order valence-corrected chi connectivity index (χ4v) is 9.17. The summed E-state index contributed by atoms with van der Waals surface area (Å²) in [6.07, 6.45) is 8.79. The molecule has 0 spiro atoms. The third kappa shape index (κ3) is 6.04. The van der Waals surface area contributed by atoms with E-state index in [1.165, 1.54) is 36.4 Å². The summed E-state index contributed by atoms with van der Waals surface area (Å²) in [5, 5.41) is 90.7. The minimum Gasteiger partial charge on any atom is -0.508 e. The second kappa shape index (κ2) is 14.1. The Morgan fingerprint density at radius 2 is 1.59 bits per heavy atom.